The smallest absolute Gasteiger partial charge is 0.410 e. The van der Waals surface area contributed by atoms with Gasteiger partial charge in [0.15, 0.2) is 0 Å². The molecule has 1 aliphatic rings. The fourth-order valence-electron chi connectivity index (χ4n) is 2.40. The largest absolute Gasteiger partial charge is 0.444 e. The van der Waals surface area contributed by atoms with Crippen LogP contribution in [0.4, 0.5) is 4.79 Å². The zero-order valence-electron chi connectivity index (χ0n) is 12.0. The Kier molecular flexibility index (Phi) is 4.12. The first-order valence-electron chi connectivity index (χ1n) is 6.88. The minimum Gasteiger partial charge on any atom is -0.444 e. The molecule has 0 N–H and O–H groups in total. The van der Waals surface area contributed by atoms with Crippen LogP contribution in [0, 0.1) is 5.92 Å². The van der Waals surface area contributed by atoms with E-state index in [1.54, 1.807) is 6.20 Å². The van der Waals surface area contributed by atoms with Crippen LogP contribution < -0.4 is 0 Å². The molecular formula is C14H23N3O2. The number of likely N-dealkylation sites (tertiary alicyclic amines) is 1. The van der Waals surface area contributed by atoms with Crippen molar-refractivity contribution in [2.45, 2.75) is 45.8 Å². The minimum absolute atomic E-state index is 0.192. The average Bonchev–Trinajstić information content (AvgIpc) is 2.80. The third-order valence-electron chi connectivity index (χ3n) is 3.20. The molecule has 5 heteroatoms. The molecular weight excluding hydrogens is 242 g/mol. The predicted octanol–water partition coefficient (Wildman–Crippen LogP) is 2.53. The SMILES string of the molecule is CC(C)(C)OC(=O)N1CCCC(Cn2ccnc2)C1. The number of nitrogens with zero attached hydrogens (tertiary/aromatic N) is 3. The Balaban J connectivity index is 1.88. The Labute approximate surface area is 114 Å². The van der Waals surface area contributed by atoms with E-state index in [1.165, 1.54) is 0 Å². The van der Waals surface area contributed by atoms with Gasteiger partial charge in [-0.2, -0.15) is 0 Å². The van der Waals surface area contributed by atoms with Crippen molar-refractivity contribution in [2.24, 2.45) is 5.92 Å². The van der Waals surface area contributed by atoms with Gasteiger partial charge in [-0.05, 0) is 39.5 Å². The maximum Gasteiger partial charge on any atom is 0.410 e. The van der Waals surface area contributed by atoms with E-state index in [9.17, 15) is 4.79 Å². The van der Waals surface area contributed by atoms with Crippen molar-refractivity contribution in [2.75, 3.05) is 13.1 Å². The highest BCUT2D eigenvalue weighted by molar-refractivity contribution is 5.68. The van der Waals surface area contributed by atoms with Crippen molar-refractivity contribution >= 4 is 6.09 Å². The van der Waals surface area contributed by atoms with E-state index in [4.69, 9.17) is 4.74 Å². The highest BCUT2D eigenvalue weighted by Gasteiger charge is 2.27. The lowest BCUT2D eigenvalue weighted by atomic mass is 9.98. The quantitative estimate of drug-likeness (QED) is 0.825. The molecule has 0 saturated carbocycles. The van der Waals surface area contributed by atoms with Gasteiger partial charge in [-0.25, -0.2) is 9.78 Å². The van der Waals surface area contributed by atoms with E-state index in [2.05, 4.69) is 9.55 Å². The van der Waals surface area contributed by atoms with Crippen molar-refractivity contribution in [1.29, 1.82) is 0 Å². The van der Waals surface area contributed by atoms with Crippen molar-refractivity contribution in [3.8, 4) is 0 Å². The molecule has 1 aromatic rings. The maximum atomic E-state index is 12.0. The van der Waals surface area contributed by atoms with Crippen molar-refractivity contribution < 1.29 is 9.53 Å². The standard InChI is InChI=1S/C14H23N3O2/c1-14(2,3)19-13(18)17-7-4-5-12(10-17)9-16-8-6-15-11-16/h6,8,11-12H,4-5,7,9-10H2,1-3H3. The van der Waals surface area contributed by atoms with Gasteiger partial charge in [-0.3, -0.25) is 0 Å². The molecule has 0 aliphatic carbocycles. The number of hydrogen-bond acceptors (Lipinski definition) is 3. The van der Waals surface area contributed by atoms with E-state index in [1.807, 2.05) is 38.2 Å². The molecule has 0 radical (unpaired) electrons. The molecule has 1 atom stereocenters. The molecule has 106 valence electrons. The van der Waals surface area contributed by atoms with Gasteiger partial charge in [0.05, 0.1) is 6.33 Å². The van der Waals surface area contributed by atoms with Gasteiger partial charge >= 0.3 is 6.09 Å². The highest BCUT2D eigenvalue weighted by atomic mass is 16.6. The van der Waals surface area contributed by atoms with Gasteiger partial charge in [-0.1, -0.05) is 0 Å². The van der Waals surface area contributed by atoms with Crippen LogP contribution in [0.25, 0.3) is 0 Å². The summed E-state index contributed by atoms with van der Waals surface area (Å²) < 4.78 is 7.50. The lowest BCUT2D eigenvalue weighted by molar-refractivity contribution is 0.0157. The fraction of sp³-hybridized carbons (Fsp3) is 0.714. The van der Waals surface area contributed by atoms with Crippen LogP contribution >= 0.6 is 0 Å². The van der Waals surface area contributed by atoms with Gasteiger partial charge in [0.1, 0.15) is 5.60 Å². The van der Waals surface area contributed by atoms with Crippen molar-refractivity contribution in [3.63, 3.8) is 0 Å². The van der Waals surface area contributed by atoms with Gasteiger partial charge < -0.3 is 14.2 Å². The van der Waals surface area contributed by atoms with Gasteiger partial charge in [0, 0.05) is 32.0 Å². The third kappa shape index (κ3) is 4.26. The highest BCUT2D eigenvalue weighted by Crippen LogP contribution is 2.20. The topological polar surface area (TPSA) is 47.4 Å². The first-order chi connectivity index (χ1) is 8.94. The van der Waals surface area contributed by atoms with E-state index in [0.29, 0.717) is 5.92 Å². The van der Waals surface area contributed by atoms with E-state index < -0.39 is 5.60 Å². The number of rotatable bonds is 2. The summed E-state index contributed by atoms with van der Waals surface area (Å²) >= 11 is 0. The Morgan fingerprint density at radius 3 is 2.89 bits per heavy atom. The molecule has 1 aliphatic heterocycles. The molecule has 2 heterocycles. The van der Waals surface area contributed by atoms with Gasteiger partial charge in [0.2, 0.25) is 0 Å². The molecule has 0 bridgehead atoms. The van der Waals surface area contributed by atoms with Crippen LogP contribution in [0.3, 0.4) is 0 Å². The predicted molar refractivity (Wildman–Crippen MR) is 72.8 cm³/mol. The summed E-state index contributed by atoms with van der Waals surface area (Å²) in [6.07, 6.45) is 7.58. The summed E-state index contributed by atoms with van der Waals surface area (Å²) in [4.78, 5) is 17.9. The maximum absolute atomic E-state index is 12.0. The zero-order chi connectivity index (χ0) is 13.9. The second kappa shape index (κ2) is 5.63. The normalized spacial score (nSPS) is 20.4. The molecule has 2 rings (SSSR count). The van der Waals surface area contributed by atoms with E-state index >= 15 is 0 Å². The summed E-state index contributed by atoms with van der Waals surface area (Å²) in [5.41, 5.74) is -0.422. The summed E-state index contributed by atoms with van der Waals surface area (Å²) in [5, 5.41) is 0. The second-order valence-electron chi connectivity index (χ2n) is 6.19. The lowest BCUT2D eigenvalue weighted by Crippen LogP contribution is -2.43. The van der Waals surface area contributed by atoms with Crippen molar-refractivity contribution in [3.05, 3.63) is 18.7 Å². The van der Waals surface area contributed by atoms with Crippen LogP contribution in [-0.2, 0) is 11.3 Å². The van der Waals surface area contributed by atoms with E-state index in [-0.39, 0.29) is 6.09 Å². The van der Waals surface area contributed by atoms with Crippen LogP contribution in [0.1, 0.15) is 33.6 Å². The first kappa shape index (κ1) is 13.9. The fourth-order valence-corrected chi connectivity index (χ4v) is 2.40. The molecule has 19 heavy (non-hydrogen) atoms. The number of carbonyl (C=O) groups excluding carboxylic acids is 1. The Morgan fingerprint density at radius 1 is 1.47 bits per heavy atom. The molecule has 1 fully saturated rings. The van der Waals surface area contributed by atoms with Gasteiger partial charge in [-0.15, -0.1) is 0 Å². The van der Waals surface area contributed by atoms with Crippen molar-refractivity contribution in [1.82, 2.24) is 14.5 Å². The second-order valence-corrected chi connectivity index (χ2v) is 6.19. The lowest BCUT2D eigenvalue weighted by Gasteiger charge is -2.34. The average molecular weight is 265 g/mol. The third-order valence-corrected chi connectivity index (χ3v) is 3.20. The molecule has 1 saturated heterocycles. The molecule has 0 aromatic carbocycles. The molecule has 1 unspecified atom stereocenters. The van der Waals surface area contributed by atoms with E-state index in [0.717, 1.165) is 32.5 Å². The number of amides is 1. The molecule has 1 amide bonds. The molecule has 1 aromatic heterocycles. The monoisotopic (exact) mass is 265 g/mol. The van der Waals surface area contributed by atoms with Crippen LogP contribution in [0.15, 0.2) is 18.7 Å². The Hall–Kier alpha value is -1.52. The summed E-state index contributed by atoms with van der Waals surface area (Å²) in [5.74, 6) is 0.482. The Morgan fingerprint density at radius 2 is 2.26 bits per heavy atom. The summed E-state index contributed by atoms with van der Waals surface area (Å²) in [6.45, 7) is 8.19. The zero-order valence-corrected chi connectivity index (χ0v) is 12.0. The van der Waals surface area contributed by atoms with Crippen LogP contribution in [0.5, 0.6) is 0 Å². The number of aromatic nitrogens is 2. The molecule has 0 spiro atoms. The number of piperidine rings is 1. The van der Waals surface area contributed by atoms with Crippen LogP contribution in [0.2, 0.25) is 0 Å². The summed E-state index contributed by atoms with van der Waals surface area (Å²) in [6, 6.07) is 0. The summed E-state index contributed by atoms with van der Waals surface area (Å²) in [7, 11) is 0. The van der Waals surface area contributed by atoms with Crippen LogP contribution in [-0.4, -0.2) is 39.2 Å². The Bertz CT molecular complexity index is 409. The minimum atomic E-state index is -0.422. The van der Waals surface area contributed by atoms with Gasteiger partial charge in [0.25, 0.3) is 0 Å². The number of carbonyl (C=O) groups is 1. The first-order valence-corrected chi connectivity index (χ1v) is 6.88. The molecule has 5 nitrogen and oxygen atoms in total. The number of ether oxygens (including phenoxy) is 1. The number of hydrogen-bond donors (Lipinski definition) is 0. The number of imidazole rings is 1.